The summed E-state index contributed by atoms with van der Waals surface area (Å²) in [5.74, 6) is -0.00229. The van der Waals surface area contributed by atoms with Crippen molar-refractivity contribution in [3.8, 4) is 0 Å². The van der Waals surface area contributed by atoms with Crippen molar-refractivity contribution >= 4 is 50.7 Å². The Bertz CT molecular complexity index is 435. The number of benzene rings is 1. The Kier molecular flexibility index (Phi) is 3.74. The first-order valence-corrected chi connectivity index (χ1v) is 6.29. The van der Waals surface area contributed by atoms with Gasteiger partial charge in [0.25, 0.3) is 0 Å². The lowest BCUT2D eigenvalue weighted by Gasteiger charge is -2.26. The monoisotopic (exact) mass is 322 g/mol. The molecule has 0 spiro atoms. The van der Waals surface area contributed by atoms with Crippen molar-refractivity contribution in [1.29, 1.82) is 0 Å². The minimum absolute atomic E-state index is 0.0264. The van der Waals surface area contributed by atoms with Crippen molar-refractivity contribution in [2.45, 2.75) is 0 Å². The first-order chi connectivity index (χ1) is 7.59. The highest BCUT2D eigenvalue weighted by molar-refractivity contribution is 9.10. The molecule has 2 rings (SSSR count). The van der Waals surface area contributed by atoms with Crippen LogP contribution in [0.25, 0.3) is 0 Å². The van der Waals surface area contributed by atoms with Gasteiger partial charge in [-0.2, -0.15) is 0 Å². The second-order valence-corrected chi connectivity index (χ2v) is 5.18. The lowest BCUT2D eigenvalue weighted by Crippen LogP contribution is -2.48. The second kappa shape index (κ2) is 4.92. The van der Waals surface area contributed by atoms with E-state index in [4.69, 9.17) is 23.2 Å². The standard InChI is InChI=1S/C10H9BrCl2N2O/c11-6-1-2-7(9(13)8(6)12)15-10(16)5-3-14-4-5/h1-2,5,14H,3-4H2,(H,15,16). The van der Waals surface area contributed by atoms with Crippen LogP contribution in [0.4, 0.5) is 5.69 Å². The Labute approximate surface area is 112 Å². The van der Waals surface area contributed by atoms with E-state index >= 15 is 0 Å². The first-order valence-electron chi connectivity index (χ1n) is 4.74. The van der Waals surface area contributed by atoms with E-state index in [1.54, 1.807) is 12.1 Å². The Hall–Kier alpha value is -0.290. The average Bonchev–Trinajstić information content (AvgIpc) is 2.16. The molecule has 1 aliphatic rings. The van der Waals surface area contributed by atoms with Crippen LogP contribution in [0.5, 0.6) is 0 Å². The van der Waals surface area contributed by atoms with E-state index in [2.05, 4.69) is 26.6 Å². The molecule has 0 aromatic heterocycles. The third-order valence-electron chi connectivity index (χ3n) is 2.45. The molecule has 0 radical (unpaired) electrons. The van der Waals surface area contributed by atoms with Crippen molar-refractivity contribution < 1.29 is 4.79 Å². The number of halogens is 3. The zero-order valence-electron chi connectivity index (χ0n) is 8.19. The van der Waals surface area contributed by atoms with E-state index in [0.717, 1.165) is 0 Å². The van der Waals surface area contributed by atoms with E-state index in [-0.39, 0.29) is 11.8 Å². The summed E-state index contributed by atoms with van der Waals surface area (Å²) in [6.45, 7) is 1.43. The molecule has 1 fully saturated rings. The summed E-state index contributed by atoms with van der Waals surface area (Å²) in [5.41, 5.74) is 0.548. The Balaban J connectivity index is 2.15. The van der Waals surface area contributed by atoms with Crippen LogP contribution in [-0.4, -0.2) is 19.0 Å². The summed E-state index contributed by atoms with van der Waals surface area (Å²) in [5, 5.41) is 6.57. The maximum atomic E-state index is 11.7. The van der Waals surface area contributed by atoms with Crippen molar-refractivity contribution in [3.05, 3.63) is 26.7 Å². The smallest absolute Gasteiger partial charge is 0.230 e. The third-order valence-corrected chi connectivity index (χ3v) is 4.22. The van der Waals surface area contributed by atoms with Gasteiger partial charge in [-0.05, 0) is 28.1 Å². The predicted octanol–water partition coefficient (Wildman–Crippen LogP) is 2.91. The summed E-state index contributed by atoms with van der Waals surface area (Å²) in [4.78, 5) is 11.7. The molecule has 0 unspecified atom stereocenters. The molecular formula is C10H9BrCl2N2O. The molecule has 0 saturated carbocycles. The van der Waals surface area contributed by atoms with Gasteiger partial charge in [0.1, 0.15) is 0 Å². The van der Waals surface area contributed by atoms with Crippen LogP contribution in [-0.2, 0) is 4.79 Å². The van der Waals surface area contributed by atoms with Crippen LogP contribution < -0.4 is 10.6 Å². The Morgan fingerprint density at radius 2 is 2.06 bits per heavy atom. The van der Waals surface area contributed by atoms with E-state index < -0.39 is 0 Å². The van der Waals surface area contributed by atoms with Gasteiger partial charge in [0.15, 0.2) is 0 Å². The van der Waals surface area contributed by atoms with E-state index in [1.807, 2.05) is 0 Å². The van der Waals surface area contributed by atoms with Crippen LogP contribution >= 0.6 is 39.1 Å². The summed E-state index contributed by atoms with van der Waals surface area (Å²) >= 11 is 15.2. The fraction of sp³-hybridized carbons (Fsp3) is 0.300. The highest BCUT2D eigenvalue weighted by Crippen LogP contribution is 2.35. The van der Waals surface area contributed by atoms with Crippen LogP contribution in [0, 0.1) is 5.92 Å². The molecule has 1 heterocycles. The van der Waals surface area contributed by atoms with Crippen LogP contribution in [0.2, 0.25) is 10.0 Å². The quantitative estimate of drug-likeness (QED) is 0.822. The summed E-state index contributed by atoms with van der Waals surface area (Å²) < 4.78 is 0.711. The van der Waals surface area contributed by atoms with Gasteiger partial charge in [-0.1, -0.05) is 23.2 Å². The van der Waals surface area contributed by atoms with Crippen LogP contribution in [0.15, 0.2) is 16.6 Å². The number of rotatable bonds is 2. The number of nitrogens with one attached hydrogen (secondary N) is 2. The maximum Gasteiger partial charge on any atom is 0.230 e. The van der Waals surface area contributed by atoms with Crippen molar-refractivity contribution in [3.63, 3.8) is 0 Å². The molecule has 0 atom stereocenters. The number of hydrogen-bond acceptors (Lipinski definition) is 2. The third kappa shape index (κ3) is 2.35. The molecule has 2 N–H and O–H groups in total. The molecule has 1 aromatic carbocycles. The predicted molar refractivity (Wildman–Crippen MR) is 69.2 cm³/mol. The zero-order chi connectivity index (χ0) is 11.7. The second-order valence-electron chi connectivity index (χ2n) is 3.57. The molecule has 1 amide bonds. The van der Waals surface area contributed by atoms with E-state index in [0.29, 0.717) is 33.3 Å². The summed E-state index contributed by atoms with van der Waals surface area (Å²) in [7, 11) is 0. The van der Waals surface area contributed by atoms with Crippen molar-refractivity contribution in [2.75, 3.05) is 18.4 Å². The van der Waals surface area contributed by atoms with Gasteiger partial charge in [-0.25, -0.2) is 0 Å². The molecular weight excluding hydrogens is 315 g/mol. The molecule has 3 nitrogen and oxygen atoms in total. The normalized spacial score (nSPS) is 15.7. The van der Waals surface area contributed by atoms with Gasteiger partial charge >= 0.3 is 0 Å². The summed E-state index contributed by atoms with van der Waals surface area (Å²) in [6.07, 6.45) is 0. The van der Waals surface area contributed by atoms with Crippen LogP contribution in [0.3, 0.4) is 0 Å². The SMILES string of the molecule is O=C(Nc1ccc(Br)c(Cl)c1Cl)C1CNC1. The summed E-state index contributed by atoms with van der Waals surface area (Å²) in [6, 6.07) is 3.48. The maximum absolute atomic E-state index is 11.7. The Morgan fingerprint density at radius 1 is 1.38 bits per heavy atom. The number of anilines is 1. The molecule has 6 heteroatoms. The zero-order valence-corrected chi connectivity index (χ0v) is 11.3. The molecule has 1 aromatic rings. The minimum Gasteiger partial charge on any atom is -0.324 e. The molecule has 86 valence electrons. The van der Waals surface area contributed by atoms with Gasteiger partial charge in [-0.3, -0.25) is 4.79 Å². The fourth-order valence-electron chi connectivity index (χ4n) is 1.33. The van der Waals surface area contributed by atoms with Gasteiger partial charge in [0, 0.05) is 17.6 Å². The van der Waals surface area contributed by atoms with Gasteiger partial charge in [0.2, 0.25) is 5.91 Å². The lowest BCUT2D eigenvalue weighted by atomic mass is 10.0. The highest BCUT2D eigenvalue weighted by Gasteiger charge is 2.25. The van der Waals surface area contributed by atoms with E-state index in [9.17, 15) is 4.79 Å². The first kappa shape index (κ1) is 12.2. The number of carbonyl (C=O) groups is 1. The number of carbonyl (C=O) groups excluding carboxylic acids is 1. The molecule has 0 bridgehead atoms. The van der Waals surface area contributed by atoms with Gasteiger partial charge in [0.05, 0.1) is 21.7 Å². The van der Waals surface area contributed by atoms with Crippen LogP contribution in [0.1, 0.15) is 0 Å². The van der Waals surface area contributed by atoms with Crippen molar-refractivity contribution in [1.82, 2.24) is 5.32 Å². The largest absolute Gasteiger partial charge is 0.324 e. The number of hydrogen-bond donors (Lipinski definition) is 2. The molecule has 0 aliphatic carbocycles. The minimum atomic E-state index is -0.0287. The molecule has 16 heavy (non-hydrogen) atoms. The lowest BCUT2D eigenvalue weighted by molar-refractivity contribution is -0.121. The fourth-order valence-corrected chi connectivity index (χ4v) is 2.15. The topological polar surface area (TPSA) is 41.1 Å². The van der Waals surface area contributed by atoms with Crippen molar-refractivity contribution in [2.24, 2.45) is 5.92 Å². The molecule has 1 saturated heterocycles. The van der Waals surface area contributed by atoms with Gasteiger partial charge in [-0.15, -0.1) is 0 Å². The average molecular weight is 324 g/mol. The van der Waals surface area contributed by atoms with E-state index in [1.165, 1.54) is 0 Å². The highest BCUT2D eigenvalue weighted by atomic mass is 79.9. The Morgan fingerprint density at radius 3 is 2.62 bits per heavy atom. The number of amides is 1. The molecule has 1 aliphatic heterocycles. The van der Waals surface area contributed by atoms with Gasteiger partial charge < -0.3 is 10.6 Å².